The van der Waals surface area contributed by atoms with Crippen LogP contribution in [0.4, 0.5) is 14.5 Å². The summed E-state index contributed by atoms with van der Waals surface area (Å²) in [6.07, 6.45) is 0.304. The standard InChI is InChI=1S/C15H20F2N2O2/c1-18(12-5-3-2-4-6-12)9-8-14(20)19-10-7-13(11-19)21-15(16)17/h2-6,13,15H,7-11H2,1H3/t13-/m0/s1. The van der Waals surface area contributed by atoms with Crippen LogP contribution in [0.25, 0.3) is 0 Å². The number of hydrogen-bond donors (Lipinski definition) is 0. The van der Waals surface area contributed by atoms with Crippen LogP contribution in [0.15, 0.2) is 30.3 Å². The summed E-state index contributed by atoms with van der Waals surface area (Å²) < 4.78 is 28.7. The number of carbonyl (C=O) groups excluding carboxylic acids is 1. The molecule has 1 saturated heterocycles. The van der Waals surface area contributed by atoms with Crippen molar-refractivity contribution >= 4 is 11.6 Å². The van der Waals surface area contributed by atoms with E-state index in [1.54, 1.807) is 4.90 Å². The van der Waals surface area contributed by atoms with Crippen molar-refractivity contribution in [3.63, 3.8) is 0 Å². The molecule has 116 valence electrons. The fraction of sp³-hybridized carbons (Fsp3) is 0.533. The summed E-state index contributed by atoms with van der Waals surface area (Å²) in [7, 11) is 1.93. The van der Waals surface area contributed by atoms with Gasteiger partial charge in [0.25, 0.3) is 0 Å². The molecule has 1 aliphatic heterocycles. The molecule has 0 bridgehead atoms. The average molecular weight is 298 g/mol. The molecule has 0 aromatic heterocycles. The van der Waals surface area contributed by atoms with Crippen LogP contribution in [0.5, 0.6) is 0 Å². The van der Waals surface area contributed by atoms with Crippen molar-refractivity contribution < 1.29 is 18.3 Å². The second-order valence-electron chi connectivity index (χ2n) is 5.15. The number of benzene rings is 1. The highest BCUT2D eigenvalue weighted by atomic mass is 19.3. The second kappa shape index (κ2) is 7.36. The maximum atomic E-state index is 12.1. The van der Waals surface area contributed by atoms with Gasteiger partial charge >= 0.3 is 6.61 Å². The van der Waals surface area contributed by atoms with Crippen LogP contribution < -0.4 is 4.90 Å². The molecule has 0 N–H and O–H groups in total. The van der Waals surface area contributed by atoms with Crippen LogP contribution in [-0.4, -0.2) is 50.2 Å². The van der Waals surface area contributed by atoms with E-state index >= 15 is 0 Å². The van der Waals surface area contributed by atoms with Gasteiger partial charge in [0.2, 0.25) is 5.91 Å². The molecule has 1 heterocycles. The third-order valence-electron chi connectivity index (χ3n) is 3.65. The Morgan fingerprint density at radius 2 is 2.14 bits per heavy atom. The van der Waals surface area contributed by atoms with Crippen LogP contribution in [0, 0.1) is 0 Å². The van der Waals surface area contributed by atoms with Crippen LogP contribution >= 0.6 is 0 Å². The molecule has 6 heteroatoms. The first-order chi connectivity index (χ1) is 10.1. The second-order valence-corrected chi connectivity index (χ2v) is 5.15. The highest BCUT2D eigenvalue weighted by Crippen LogP contribution is 2.17. The number of rotatable bonds is 6. The molecule has 1 amide bonds. The lowest BCUT2D eigenvalue weighted by molar-refractivity contribution is -0.160. The number of anilines is 1. The molecule has 0 unspecified atom stereocenters. The van der Waals surface area contributed by atoms with E-state index in [-0.39, 0.29) is 12.5 Å². The van der Waals surface area contributed by atoms with Crippen molar-refractivity contribution in [3.05, 3.63) is 30.3 Å². The molecule has 21 heavy (non-hydrogen) atoms. The topological polar surface area (TPSA) is 32.8 Å². The fourth-order valence-corrected chi connectivity index (χ4v) is 2.44. The van der Waals surface area contributed by atoms with E-state index in [0.717, 1.165) is 5.69 Å². The van der Waals surface area contributed by atoms with Gasteiger partial charge in [-0.2, -0.15) is 8.78 Å². The Kier molecular flexibility index (Phi) is 5.50. The van der Waals surface area contributed by atoms with Gasteiger partial charge in [-0.25, -0.2) is 0 Å². The Hall–Kier alpha value is -1.69. The first-order valence-electron chi connectivity index (χ1n) is 7.04. The van der Waals surface area contributed by atoms with Crippen molar-refractivity contribution in [3.8, 4) is 0 Å². The Morgan fingerprint density at radius 1 is 1.43 bits per heavy atom. The van der Waals surface area contributed by atoms with Gasteiger partial charge in [0.15, 0.2) is 0 Å². The zero-order valence-electron chi connectivity index (χ0n) is 12.0. The van der Waals surface area contributed by atoms with E-state index in [2.05, 4.69) is 4.74 Å². The van der Waals surface area contributed by atoms with Crippen molar-refractivity contribution in [1.82, 2.24) is 4.90 Å². The number of nitrogens with zero attached hydrogens (tertiary/aromatic N) is 2. The van der Waals surface area contributed by atoms with Gasteiger partial charge in [-0.3, -0.25) is 4.79 Å². The molecule has 2 rings (SSSR count). The summed E-state index contributed by atoms with van der Waals surface area (Å²) in [5.74, 6) is -0.0156. The van der Waals surface area contributed by atoms with Crippen LogP contribution in [0.3, 0.4) is 0 Å². The SMILES string of the molecule is CN(CCC(=O)N1CC[C@H](OC(F)F)C1)c1ccccc1. The third-order valence-corrected chi connectivity index (χ3v) is 3.65. The summed E-state index contributed by atoms with van der Waals surface area (Å²) >= 11 is 0. The van der Waals surface area contributed by atoms with E-state index in [4.69, 9.17) is 0 Å². The first kappa shape index (κ1) is 15.7. The highest BCUT2D eigenvalue weighted by molar-refractivity contribution is 5.77. The van der Waals surface area contributed by atoms with Gasteiger partial charge in [0.05, 0.1) is 6.10 Å². The van der Waals surface area contributed by atoms with Crippen molar-refractivity contribution in [2.75, 3.05) is 31.6 Å². The summed E-state index contributed by atoms with van der Waals surface area (Å²) in [6, 6.07) is 9.79. The van der Waals surface area contributed by atoms with Gasteiger partial charge < -0.3 is 14.5 Å². The minimum absolute atomic E-state index is 0.0156. The quantitative estimate of drug-likeness (QED) is 0.808. The summed E-state index contributed by atoms with van der Waals surface area (Å²) in [5.41, 5.74) is 1.05. The highest BCUT2D eigenvalue weighted by Gasteiger charge is 2.28. The van der Waals surface area contributed by atoms with E-state index in [1.807, 2.05) is 42.3 Å². The normalized spacial score (nSPS) is 18.3. The zero-order chi connectivity index (χ0) is 15.2. The van der Waals surface area contributed by atoms with Crippen molar-refractivity contribution in [2.24, 2.45) is 0 Å². The van der Waals surface area contributed by atoms with Gasteiger partial charge in [0, 0.05) is 38.8 Å². The molecule has 1 aromatic rings. The lowest BCUT2D eigenvalue weighted by Crippen LogP contribution is -2.33. The lowest BCUT2D eigenvalue weighted by atomic mass is 10.2. The number of para-hydroxylation sites is 1. The molecule has 0 spiro atoms. The Morgan fingerprint density at radius 3 is 2.81 bits per heavy atom. The molecule has 1 atom stereocenters. The molecular weight excluding hydrogens is 278 g/mol. The number of hydrogen-bond acceptors (Lipinski definition) is 3. The minimum atomic E-state index is -2.77. The molecular formula is C15H20F2N2O2. The summed E-state index contributed by atoms with van der Waals surface area (Å²) in [6.45, 7) is -1.42. The van der Waals surface area contributed by atoms with Crippen LogP contribution in [-0.2, 0) is 9.53 Å². The molecule has 1 aromatic carbocycles. The minimum Gasteiger partial charge on any atom is -0.374 e. The maximum absolute atomic E-state index is 12.1. The van der Waals surface area contributed by atoms with Gasteiger partial charge in [-0.05, 0) is 18.6 Å². The maximum Gasteiger partial charge on any atom is 0.345 e. The fourth-order valence-electron chi connectivity index (χ4n) is 2.44. The number of carbonyl (C=O) groups is 1. The first-order valence-corrected chi connectivity index (χ1v) is 7.04. The third kappa shape index (κ3) is 4.67. The Labute approximate surface area is 123 Å². The van der Waals surface area contributed by atoms with Gasteiger partial charge in [-0.15, -0.1) is 0 Å². The largest absolute Gasteiger partial charge is 0.374 e. The lowest BCUT2D eigenvalue weighted by Gasteiger charge is -2.21. The number of likely N-dealkylation sites (tertiary alicyclic amines) is 1. The molecule has 4 nitrogen and oxygen atoms in total. The van der Waals surface area contributed by atoms with Gasteiger partial charge in [-0.1, -0.05) is 18.2 Å². The van der Waals surface area contributed by atoms with E-state index < -0.39 is 12.7 Å². The van der Waals surface area contributed by atoms with Crippen LogP contribution in [0.1, 0.15) is 12.8 Å². The van der Waals surface area contributed by atoms with Crippen LogP contribution in [0.2, 0.25) is 0 Å². The number of amides is 1. The van der Waals surface area contributed by atoms with E-state index in [9.17, 15) is 13.6 Å². The molecule has 1 aliphatic rings. The number of alkyl halides is 2. The van der Waals surface area contributed by atoms with Crippen molar-refractivity contribution in [1.29, 1.82) is 0 Å². The van der Waals surface area contributed by atoms with E-state index in [1.165, 1.54) is 0 Å². The number of ether oxygens (including phenoxy) is 1. The van der Waals surface area contributed by atoms with E-state index in [0.29, 0.717) is 25.9 Å². The smallest absolute Gasteiger partial charge is 0.345 e. The average Bonchev–Trinajstić information content (AvgIpc) is 2.93. The monoisotopic (exact) mass is 298 g/mol. The van der Waals surface area contributed by atoms with Crippen molar-refractivity contribution in [2.45, 2.75) is 25.6 Å². The number of halogens is 2. The zero-order valence-corrected chi connectivity index (χ0v) is 12.0. The predicted molar refractivity (Wildman–Crippen MR) is 76.4 cm³/mol. The summed E-state index contributed by atoms with van der Waals surface area (Å²) in [4.78, 5) is 15.7. The Balaban J connectivity index is 1.75. The Bertz CT molecular complexity index is 456. The molecule has 0 saturated carbocycles. The summed E-state index contributed by atoms with van der Waals surface area (Å²) in [5, 5.41) is 0. The predicted octanol–water partition coefficient (Wildman–Crippen LogP) is 2.35. The molecule has 1 fully saturated rings. The molecule has 0 aliphatic carbocycles. The molecule has 0 radical (unpaired) electrons. The van der Waals surface area contributed by atoms with Gasteiger partial charge in [0.1, 0.15) is 0 Å².